The maximum absolute atomic E-state index is 13.1. The van der Waals surface area contributed by atoms with Gasteiger partial charge in [-0.2, -0.15) is 5.10 Å². The third-order valence-corrected chi connectivity index (χ3v) is 4.38. The van der Waals surface area contributed by atoms with Crippen LogP contribution in [0, 0.1) is 0 Å². The largest absolute Gasteiger partial charge is 0.338 e. The normalized spacial score (nSPS) is 12.8. The minimum atomic E-state index is -0.0716. The number of carbonyl (C=O) groups is 1. The van der Waals surface area contributed by atoms with Crippen LogP contribution in [0.2, 0.25) is 5.02 Å². The Balaban J connectivity index is 1.81. The van der Waals surface area contributed by atoms with Crippen molar-refractivity contribution in [2.75, 3.05) is 10.2 Å². The van der Waals surface area contributed by atoms with Crippen LogP contribution < -0.4 is 10.2 Å². The van der Waals surface area contributed by atoms with Gasteiger partial charge in [0, 0.05) is 23.2 Å². The number of rotatable bonds is 1. The molecule has 1 aliphatic rings. The molecule has 0 saturated carbocycles. The van der Waals surface area contributed by atoms with Crippen LogP contribution in [0.25, 0.3) is 0 Å². The third-order valence-electron chi connectivity index (χ3n) is 4.13. The van der Waals surface area contributed by atoms with E-state index in [-0.39, 0.29) is 5.91 Å². The average Bonchev–Trinajstić information content (AvgIpc) is 2.85. The Bertz CT molecular complexity index is 917. The zero-order chi connectivity index (χ0) is 16.7. The molecule has 1 N–H and O–H groups in total. The van der Waals surface area contributed by atoms with E-state index in [0.717, 1.165) is 22.8 Å². The Morgan fingerprint density at radius 1 is 1.17 bits per heavy atom. The standard InChI is InChI=1S/C18H15ClN4O/c1-22-17-13(10-20-22)11-23(16-5-3-2-4-15(16)21-17)18(24)12-6-8-14(19)9-7-12/h2-10,21H,11H2,1H3. The van der Waals surface area contributed by atoms with E-state index in [2.05, 4.69) is 10.4 Å². The summed E-state index contributed by atoms with van der Waals surface area (Å²) in [5.41, 5.74) is 3.29. The molecular weight excluding hydrogens is 324 g/mol. The number of hydrogen-bond donors (Lipinski definition) is 1. The molecule has 3 aromatic rings. The van der Waals surface area contributed by atoms with Gasteiger partial charge in [-0.3, -0.25) is 9.48 Å². The number of benzene rings is 2. The highest BCUT2D eigenvalue weighted by Crippen LogP contribution is 2.36. The number of para-hydroxylation sites is 2. The summed E-state index contributed by atoms with van der Waals surface area (Å²) in [7, 11) is 1.88. The van der Waals surface area contributed by atoms with Crippen molar-refractivity contribution in [1.29, 1.82) is 0 Å². The molecule has 1 amide bonds. The van der Waals surface area contributed by atoms with Gasteiger partial charge in [0.15, 0.2) is 0 Å². The molecule has 0 unspecified atom stereocenters. The van der Waals surface area contributed by atoms with Crippen molar-refractivity contribution >= 4 is 34.7 Å². The molecule has 5 nitrogen and oxygen atoms in total. The second kappa shape index (κ2) is 5.69. The van der Waals surface area contributed by atoms with Gasteiger partial charge in [0.05, 0.1) is 24.1 Å². The van der Waals surface area contributed by atoms with E-state index in [0.29, 0.717) is 17.1 Å². The number of carbonyl (C=O) groups excluding carboxylic acids is 1. The maximum atomic E-state index is 13.1. The van der Waals surface area contributed by atoms with Crippen LogP contribution in [0.1, 0.15) is 15.9 Å². The van der Waals surface area contributed by atoms with Crippen LogP contribution in [0.15, 0.2) is 54.7 Å². The highest BCUT2D eigenvalue weighted by atomic mass is 35.5. The molecule has 0 aliphatic carbocycles. The number of aryl methyl sites for hydroxylation is 1. The summed E-state index contributed by atoms with van der Waals surface area (Å²) in [5.74, 6) is 0.825. The number of anilines is 3. The fourth-order valence-electron chi connectivity index (χ4n) is 2.89. The lowest BCUT2D eigenvalue weighted by molar-refractivity contribution is 0.0985. The Morgan fingerprint density at radius 3 is 2.71 bits per heavy atom. The van der Waals surface area contributed by atoms with E-state index in [1.54, 1.807) is 40.0 Å². The van der Waals surface area contributed by atoms with E-state index in [9.17, 15) is 4.79 Å². The molecule has 2 aromatic carbocycles. The van der Waals surface area contributed by atoms with Crippen LogP contribution in [0.5, 0.6) is 0 Å². The van der Waals surface area contributed by atoms with Gasteiger partial charge in [0.25, 0.3) is 5.91 Å². The summed E-state index contributed by atoms with van der Waals surface area (Å²) >= 11 is 5.93. The Labute approximate surface area is 144 Å². The van der Waals surface area contributed by atoms with Gasteiger partial charge < -0.3 is 10.2 Å². The first-order chi connectivity index (χ1) is 11.6. The fourth-order valence-corrected chi connectivity index (χ4v) is 3.01. The molecule has 0 atom stereocenters. The van der Waals surface area contributed by atoms with E-state index in [1.807, 2.05) is 31.3 Å². The van der Waals surface area contributed by atoms with E-state index >= 15 is 0 Å². The number of hydrogen-bond acceptors (Lipinski definition) is 3. The predicted molar refractivity (Wildman–Crippen MR) is 94.9 cm³/mol. The van der Waals surface area contributed by atoms with Gasteiger partial charge in [-0.1, -0.05) is 23.7 Å². The molecule has 0 saturated heterocycles. The molecule has 0 radical (unpaired) electrons. The summed E-state index contributed by atoms with van der Waals surface area (Å²) in [6.07, 6.45) is 1.79. The number of amides is 1. The van der Waals surface area contributed by atoms with Crippen LogP contribution in [0.4, 0.5) is 17.2 Å². The van der Waals surface area contributed by atoms with Gasteiger partial charge in [-0.25, -0.2) is 0 Å². The first-order valence-corrected chi connectivity index (χ1v) is 7.95. The van der Waals surface area contributed by atoms with E-state index < -0.39 is 0 Å². The molecule has 0 bridgehead atoms. The molecule has 1 aliphatic heterocycles. The topological polar surface area (TPSA) is 50.2 Å². The smallest absolute Gasteiger partial charge is 0.258 e. The Hall–Kier alpha value is -2.79. The molecular formula is C18H15ClN4O. The average molecular weight is 339 g/mol. The van der Waals surface area contributed by atoms with Crippen molar-refractivity contribution in [1.82, 2.24) is 9.78 Å². The van der Waals surface area contributed by atoms with Crippen LogP contribution in [-0.4, -0.2) is 15.7 Å². The van der Waals surface area contributed by atoms with Crippen molar-refractivity contribution in [3.8, 4) is 0 Å². The van der Waals surface area contributed by atoms with Crippen molar-refractivity contribution in [2.24, 2.45) is 7.05 Å². The number of nitrogens with zero attached hydrogens (tertiary/aromatic N) is 3. The zero-order valence-corrected chi connectivity index (χ0v) is 13.8. The molecule has 4 rings (SSSR count). The van der Waals surface area contributed by atoms with Crippen molar-refractivity contribution in [3.05, 3.63) is 70.9 Å². The fraction of sp³-hybridized carbons (Fsp3) is 0.111. The monoisotopic (exact) mass is 338 g/mol. The lowest BCUT2D eigenvalue weighted by atomic mass is 10.1. The summed E-state index contributed by atoms with van der Waals surface area (Å²) in [6.45, 7) is 0.453. The predicted octanol–water partition coefficient (Wildman–Crippen LogP) is 3.98. The Kier molecular flexibility index (Phi) is 3.50. The van der Waals surface area contributed by atoms with Crippen LogP contribution in [0.3, 0.4) is 0 Å². The quantitative estimate of drug-likeness (QED) is 0.730. The van der Waals surface area contributed by atoms with E-state index in [1.165, 1.54) is 0 Å². The zero-order valence-electron chi connectivity index (χ0n) is 13.0. The second-order valence-corrected chi connectivity index (χ2v) is 6.12. The van der Waals surface area contributed by atoms with Gasteiger partial charge in [-0.15, -0.1) is 0 Å². The third kappa shape index (κ3) is 2.43. The van der Waals surface area contributed by atoms with Gasteiger partial charge >= 0.3 is 0 Å². The lowest BCUT2D eigenvalue weighted by Crippen LogP contribution is -2.29. The van der Waals surface area contributed by atoms with Crippen molar-refractivity contribution in [2.45, 2.75) is 6.54 Å². The van der Waals surface area contributed by atoms with Gasteiger partial charge in [0.2, 0.25) is 0 Å². The molecule has 2 heterocycles. The highest BCUT2D eigenvalue weighted by Gasteiger charge is 2.26. The first-order valence-electron chi connectivity index (χ1n) is 7.58. The van der Waals surface area contributed by atoms with Gasteiger partial charge in [0.1, 0.15) is 5.82 Å². The lowest BCUT2D eigenvalue weighted by Gasteiger charge is -2.22. The minimum absolute atomic E-state index is 0.0716. The highest BCUT2D eigenvalue weighted by molar-refractivity contribution is 6.30. The molecule has 1 aromatic heterocycles. The van der Waals surface area contributed by atoms with Crippen LogP contribution >= 0.6 is 11.6 Å². The van der Waals surface area contributed by atoms with Crippen molar-refractivity contribution < 1.29 is 4.79 Å². The second-order valence-electron chi connectivity index (χ2n) is 5.68. The number of nitrogens with one attached hydrogen (secondary N) is 1. The summed E-state index contributed by atoms with van der Waals surface area (Å²) in [6, 6.07) is 14.7. The first kappa shape index (κ1) is 14.8. The molecule has 0 fully saturated rings. The maximum Gasteiger partial charge on any atom is 0.258 e. The number of aromatic nitrogens is 2. The molecule has 0 spiro atoms. The number of fused-ring (bicyclic) bond motifs is 2. The van der Waals surface area contributed by atoms with Gasteiger partial charge in [-0.05, 0) is 36.4 Å². The minimum Gasteiger partial charge on any atom is -0.338 e. The van der Waals surface area contributed by atoms with E-state index in [4.69, 9.17) is 11.6 Å². The van der Waals surface area contributed by atoms with Crippen molar-refractivity contribution in [3.63, 3.8) is 0 Å². The number of halogens is 1. The Morgan fingerprint density at radius 2 is 1.92 bits per heavy atom. The molecule has 6 heteroatoms. The summed E-state index contributed by atoms with van der Waals surface area (Å²) in [4.78, 5) is 14.8. The van der Waals surface area contributed by atoms with Crippen LogP contribution in [-0.2, 0) is 13.6 Å². The molecule has 120 valence electrons. The SMILES string of the molecule is Cn1ncc2c1Nc1ccccc1N(C(=O)c1ccc(Cl)cc1)C2. The summed E-state index contributed by atoms with van der Waals surface area (Å²) in [5, 5.41) is 8.28. The summed E-state index contributed by atoms with van der Waals surface area (Å²) < 4.78 is 1.78. The molecule has 24 heavy (non-hydrogen) atoms.